The predicted molar refractivity (Wildman–Crippen MR) is 112 cm³/mol. The third kappa shape index (κ3) is 3.39. The minimum absolute atomic E-state index is 0.0853. The molecule has 0 fully saturated rings. The van der Waals surface area contributed by atoms with Crippen molar-refractivity contribution in [1.29, 1.82) is 0 Å². The van der Waals surface area contributed by atoms with Gasteiger partial charge in [0, 0.05) is 22.5 Å². The number of thioether (sulfide) groups is 1. The van der Waals surface area contributed by atoms with Crippen molar-refractivity contribution in [1.82, 2.24) is 14.9 Å². The second kappa shape index (κ2) is 7.33. The Morgan fingerprint density at radius 1 is 1.14 bits per heavy atom. The molecule has 0 saturated carbocycles. The molecule has 8 heteroatoms. The SMILES string of the molecule is Clc1ccc(NCc2nnc3n2N=CC(C2=Cc4ccccc4OC2)S3)cc1. The van der Waals surface area contributed by atoms with E-state index >= 15 is 0 Å². The highest BCUT2D eigenvalue weighted by Crippen LogP contribution is 2.34. The first-order valence-electron chi connectivity index (χ1n) is 8.83. The summed E-state index contributed by atoms with van der Waals surface area (Å²) < 4.78 is 7.65. The highest BCUT2D eigenvalue weighted by Gasteiger charge is 2.26. The Hall–Kier alpha value is -2.77. The van der Waals surface area contributed by atoms with Gasteiger partial charge in [0.25, 0.3) is 0 Å². The zero-order chi connectivity index (χ0) is 18.9. The average Bonchev–Trinajstić information content (AvgIpc) is 3.15. The van der Waals surface area contributed by atoms with E-state index in [2.05, 4.69) is 32.8 Å². The number of fused-ring (bicyclic) bond motifs is 2. The van der Waals surface area contributed by atoms with Gasteiger partial charge < -0.3 is 10.1 Å². The quantitative estimate of drug-likeness (QED) is 0.694. The Morgan fingerprint density at radius 3 is 2.89 bits per heavy atom. The Morgan fingerprint density at radius 2 is 2.00 bits per heavy atom. The zero-order valence-electron chi connectivity index (χ0n) is 14.7. The maximum atomic E-state index is 5.92. The molecule has 2 aromatic carbocycles. The number of aromatic nitrogens is 3. The van der Waals surface area contributed by atoms with Gasteiger partial charge in [-0.05, 0) is 42.0 Å². The van der Waals surface area contributed by atoms with E-state index in [1.807, 2.05) is 48.7 Å². The summed E-state index contributed by atoms with van der Waals surface area (Å²) in [7, 11) is 0. The van der Waals surface area contributed by atoms with Crippen LogP contribution in [0.5, 0.6) is 5.75 Å². The van der Waals surface area contributed by atoms with E-state index in [0.29, 0.717) is 18.2 Å². The molecule has 3 heterocycles. The molecule has 2 aliphatic rings. The summed E-state index contributed by atoms with van der Waals surface area (Å²) in [6.07, 6.45) is 4.10. The summed E-state index contributed by atoms with van der Waals surface area (Å²) in [5, 5.41) is 18.1. The molecule has 6 nitrogen and oxygen atoms in total. The minimum Gasteiger partial charge on any atom is -0.489 e. The van der Waals surface area contributed by atoms with Crippen LogP contribution in [0, 0.1) is 0 Å². The number of anilines is 1. The van der Waals surface area contributed by atoms with E-state index in [1.165, 1.54) is 5.57 Å². The van der Waals surface area contributed by atoms with Gasteiger partial charge >= 0.3 is 0 Å². The molecular formula is C20H16ClN5OS. The lowest BCUT2D eigenvalue weighted by Gasteiger charge is -2.23. The fourth-order valence-electron chi connectivity index (χ4n) is 3.08. The van der Waals surface area contributed by atoms with Crippen LogP contribution in [0.25, 0.3) is 6.08 Å². The lowest BCUT2D eigenvalue weighted by atomic mass is 10.1. The molecule has 1 aromatic heterocycles. The Bertz CT molecular complexity index is 1080. The van der Waals surface area contributed by atoms with Gasteiger partial charge in [-0.2, -0.15) is 9.78 Å². The van der Waals surface area contributed by atoms with Gasteiger partial charge in [0.1, 0.15) is 12.4 Å². The van der Waals surface area contributed by atoms with Gasteiger partial charge in [0.2, 0.25) is 5.16 Å². The van der Waals surface area contributed by atoms with Crippen LogP contribution < -0.4 is 10.1 Å². The van der Waals surface area contributed by atoms with Gasteiger partial charge in [-0.25, -0.2) is 0 Å². The van der Waals surface area contributed by atoms with E-state index in [4.69, 9.17) is 16.3 Å². The van der Waals surface area contributed by atoms with E-state index in [9.17, 15) is 0 Å². The van der Waals surface area contributed by atoms with Crippen LogP contribution in [-0.2, 0) is 6.54 Å². The predicted octanol–water partition coefficient (Wildman–Crippen LogP) is 4.33. The fourth-order valence-corrected chi connectivity index (χ4v) is 4.18. The van der Waals surface area contributed by atoms with Crippen molar-refractivity contribution in [3.63, 3.8) is 0 Å². The molecule has 0 spiro atoms. The maximum absolute atomic E-state index is 5.92. The number of nitrogens with zero attached hydrogens (tertiary/aromatic N) is 4. The lowest BCUT2D eigenvalue weighted by Crippen LogP contribution is -2.22. The van der Waals surface area contributed by atoms with Crippen molar-refractivity contribution in [3.05, 3.63) is 70.5 Å². The summed E-state index contributed by atoms with van der Waals surface area (Å²) >= 11 is 7.55. The third-order valence-corrected chi connectivity index (χ3v) is 5.94. The smallest absolute Gasteiger partial charge is 0.213 e. The molecule has 0 bridgehead atoms. The third-order valence-electron chi connectivity index (χ3n) is 4.54. The first kappa shape index (κ1) is 17.3. The molecule has 0 aliphatic carbocycles. The first-order chi connectivity index (χ1) is 13.8. The first-order valence-corrected chi connectivity index (χ1v) is 10.1. The number of rotatable bonds is 4. The highest BCUT2D eigenvalue weighted by atomic mass is 35.5. The number of para-hydroxylation sites is 1. The normalized spacial score (nSPS) is 17.3. The van der Waals surface area contributed by atoms with Crippen LogP contribution in [0.1, 0.15) is 11.4 Å². The number of hydrogen-bond acceptors (Lipinski definition) is 6. The van der Waals surface area contributed by atoms with Crippen LogP contribution in [0.3, 0.4) is 0 Å². The molecule has 1 atom stereocenters. The van der Waals surface area contributed by atoms with Crippen LogP contribution in [0.15, 0.2) is 64.4 Å². The summed E-state index contributed by atoms with van der Waals surface area (Å²) in [6, 6.07) is 15.6. The summed E-state index contributed by atoms with van der Waals surface area (Å²) in [6.45, 7) is 1.08. The molecule has 1 N–H and O–H groups in total. The molecule has 28 heavy (non-hydrogen) atoms. The summed E-state index contributed by atoms with van der Waals surface area (Å²) in [5.41, 5.74) is 3.23. The molecule has 0 saturated heterocycles. The maximum Gasteiger partial charge on any atom is 0.213 e. The van der Waals surface area contributed by atoms with E-state index < -0.39 is 0 Å². The number of benzene rings is 2. The Labute approximate surface area is 171 Å². The molecule has 140 valence electrons. The largest absolute Gasteiger partial charge is 0.489 e. The molecule has 1 unspecified atom stereocenters. The lowest BCUT2D eigenvalue weighted by molar-refractivity contribution is 0.346. The van der Waals surface area contributed by atoms with Crippen molar-refractivity contribution >= 4 is 41.3 Å². The zero-order valence-corrected chi connectivity index (χ0v) is 16.3. The van der Waals surface area contributed by atoms with Gasteiger partial charge in [-0.15, -0.1) is 10.2 Å². The minimum atomic E-state index is 0.0853. The van der Waals surface area contributed by atoms with E-state index in [1.54, 1.807) is 16.4 Å². The molecular weight excluding hydrogens is 394 g/mol. The fraction of sp³-hybridized carbons (Fsp3) is 0.150. The van der Waals surface area contributed by atoms with Gasteiger partial charge in [0.15, 0.2) is 5.82 Å². The average molecular weight is 410 g/mol. The number of nitrogens with one attached hydrogen (secondary N) is 1. The topological polar surface area (TPSA) is 64.3 Å². The molecule has 3 aromatic rings. The van der Waals surface area contributed by atoms with Crippen LogP contribution in [0.2, 0.25) is 5.02 Å². The van der Waals surface area contributed by atoms with Crippen molar-refractivity contribution in [2.75, 3.05) is 11.9 Å². The van der Waals surface area contributed by atoms with Crippen LogP contribution in [0.4, 0.5) is 5.69 Å². The van der Waals surface area contributed by atoms with Gasteiger partial charge in [-0.1, -0.05) is 41.6 Å². The van der Waals surface area contributed by atoms with Crippen molar-refractivity contribution < 1.29 is 4.74 Å². The number of halogens is 1. The molecule has 5 rings (SSSR count). The second-order valence-corrected chi connectivity index (χ2v) is 7.96. The summed E-state index contributed by atoms with van der Waals surface area (Å²) in [4.78, 5) is 0. The Kier molecular flexibility index (Phi) is 4.54. The monoisotopic (exact) mass is 409 g/mol. The van der Waals surface area contributed by atoms with Crippen molar-refractivity contribution in [2.45, 2.75) is 17.0 Å². The van der Waals surface area contributed by atoms with Gasteiger partial charge in [-0.3, -0.25) is 0 Å². The van der Waals surface area contributed by atoms with Crippen LogP contribution in [-0.4, -0.2) is 32.9 Å². The summed E-state index contributed by atoms with van der Waals surface area (Å²) in [5.74, 6) is 1.68. The van der Waals surface area contributed by atoms with Crippen molar-refractivity contribution in [2.24, 2.45) is 5.10 Å². The number of hydrogen-bond donors (Lipinski definition) is 1. The molecule has 0 amide bonds. The van der Waals surface area contributed by atoms with Crippen molar-refractivity contribution in [3.8, 4) is 5.75 Å². The molecule has 2 aliphatic heterocycles. The Balaban J connectivity index is 1.31. The standard InChI is InChI=1S/C20H16ClN5OS/c21-15-5-7-16(8-6-15)22-11-19-24-25-20-26(19)23-10-18(28-20)14-9-13-3-1-2-4-17(13)27-12-14/h1-10,18,22H,11-12H2. The number of ether oxygens (including phenoxy) is 1. The highest BCUT2D eigenvalue weighted by molar-refractivity contribution is 8.00. The van der Waals surface area contributed by atoms with E-state index in [0.717, 1.165) is 28.0 Å². The van der Waals surface area contributed by atoms with Gasteiger partial charge in [0.05, 0.1) is 11.8 Å². The second-order valence-electron chi connectivity index (χ2n) is 6.42. The van der Waals surface area contributed by atoms with E-state index in [-0.39, 0.29) is 5.25 Å². The van der Waals surface area contributed by atoms with Crippen LogP contribution >= 0.6 is 23.4 Å². The molecule has 0 radical (unpaired) electrons.